The van der Waals surface area contributed by atoms with Gasteiger partial charge in [-0.3, -0.25) is 19.2 Å². The van der Waals surface area contributed by atoms with Crippen LogP contribution in [-0.2, 0) is 19.2 Å². The molecule has 7 nitrogen and oxygen atoms in total. The fraction of sp³-hybridized carbons (Fsp3) is 0.600. The van der Waals surface area contributed by atoms with Gasteiger partial charge >= 0.3 is 5.97 Å². The number of piperidine rings is 1. The third-order valence-electron chi connectivity index (χ3n) is 2.32. The molecule has 0 bridgehead atoms. The van der Waals surface area contributed by atoms with E-state index >= 15 is 0 Å². The Kier molecular flexibility index (Phi) is 5.14. The zero-order valence-electron chi connectivity index (χ0n) is 9.76. The highest BCUT2D eigenvalue weighted by molar-refractivity contribution is 8.14. The van der Waals surface area contributed by atoms with Crippen molar-refractivity contribution in [2.45, 2.75) is 31.1 Å². The van der Waals surface area contributed by atoms with Crippen molar-refractivity contribution in [3.8, 4) is 0 Å². The highest BCUT2D eigenvalue weighted by Gasteiger charge is 2.34. The minimum Gasteiger partial charge on any atom is -0.481 e. The van der Waals surface area contributed by atoms with E-state index in [1.165, 1.54) is 6.92 Å². The van der Waals surface area contributed by atoms with Crippen LogP contribution in [0.1, 0.15) is 19.8 Å². The maximum Gasteiger partial charge on any atom is 0.311 e. The highest BCUT2D eigenvalue weighted by atomic mass is 32.2. The Hall–Kier alpha value is -1.57. The first kappa shape index (κ1) is 14.5. The molecule has 1 aliphatic heterocycles. The molecule has 1 saturated heterocycles. The van der Waals surface area contributed by atoms with Crippen LogP contribution in [0.4, 0.5) is 0 Å². The van der Waals surface area contributed by atoms with Crippen molar-refractivity contribution in [2.75, 3.05) is 6.54 Å². The number of hydrogen-bond donors (Lipinski definition) is 3. The molecule has 0 spiro atoms. The smallest absolute Gasteiger partial charge is 0.311 e. The Bertz CT molecular complexity index is 384. The van der Waals surface area contributed by atoms with E-state index in [9.17, 15) is 19.2 Å². The van der Waals surface area contributed by atoms with Gasteiger partial charge in [-0.1, -0.05) is 11.8 Å². The van der Waals surface area contributed by atoms with E-state index in [4.69, 9.17) is 5.11 Å². The lowest BCUT2D eigenvalue weighted by atomic mass is 10.1. The van der Waals surface area contributed by atoms with Crippen molar-refractivity contribution < 1.29 is 24.3 Å². The number of hydrogen-bond acceptors (Lipinski definition) is 5. The molecule has 2 amide bonds. The first-order chi connectivity index (χ1) is 8.40. The summed E-state index contributed by atoms with van der Waals surface area (Å²) in [5.41, 5.74) is 0. The molecule has 2 unspecified atom stereocenters. The van der Waals surface area contributed by atoms with Crippen molar-refractivity contribution in [3.05, 3.63) is 0 Å². The molecule has 18 heavy (non-hydrogen) atoms. The van der Waals surface area contributed by atoms with E-state index < -0.39 is 28.8 Å². The zero-order chi connectivity index (χ0) is 13.7. The van der Waals surface area contributed by atoms with Crippen molar-refractivity contribution >= 4 is 34.7 Å². The van der Waals surface area contributed by atoms with Crippen LogP contribution in [0.15, 0.2) is 0 Å². The number of carbonyl (C=O) groups excluding carboxylic acids is 3. The minimum atomic E-state index is -1.20. The predicted octanol–water partition coefficient (Wildman–Crippen LogP) is -0.886. The first-order valence-electron chi connectivity index (χ1n) is 5.36. The molecule has 1 aliphatic rings. The SMILES string of the molecule is CC(=O)NC1C(=O)NCCC1SC(=O)CC(=O)O. The molecule has 0 radical (unpaired) electrons. The molecule has 1 rings (SSSR count). The van der Waals surface area contributed by atoms with Gasteiger partial charge in [0, 0.05) is 18.7 Å². The molecule has 0 aromatic rings. The molecular weight excluding hydrogens is 260 g/mol. The number of carboxylic acids is 1. The van der Waals surface area contributed by atoms with Crippen molar-refractivity contribution in [3.63, 3.8) is 0 Å². The Morgan fingerprint density at radius 2 is 2.17 bits per heavy atom. The lowest BCUT2D eigenvalue weighted by molar-refractivity contribution is -0.138. The monoisotopic (exact) mass is 274 g/mol. The van der Waals surface area contributed by atoms with Gasteiger partial charge in [-0.25, -0.2) is 0 Å². The van der Waals surface area contributed by atoms with Gasteiger partial charge < -0.3 is 15.7 Å². The lowest BCUT2D eigenvalue weighted by Gasteiger charge is -2.30. The van der Waals surface area contributed by atoms with E-state index in [1.807, 2.05) is 0 Å². The Morgan fingerprint density at radius 3 is 2.72 bits per heavy atom. The number of rotatable bonds is 4. The molecular formula is C10H14N2O5S. The van der Waals surface area contributed by atoms with Crippen LogP contribution in [0.2, 0.25) is 0 Å². The normalized spacial score (nSPS) is 23.1. The van der Waals surface area contributed by atoms with E-state index in [1.54, 1.807) is 0 Å². The van der Waals surface area contributed by atoms with E-state index in [-0.39, 0.29) is 11.8 Å². The molecule has 0 aliphatic carbocycles. The van der Waals surface area contributed by atoms with Gasteiger partial charge in [0.05, 0.1) is 0 Å². The van der Waals surface area contributed by atoms with Crippen LogP contribution in [0.5, 0.6) is 0 Å². The summed E-state index contributed by atoms with van der Waals surface area (Å²) in [6.45, 7) is 1.69. The molecule has 3 N–H and O–H groups in total. The van der Waals surface area contributed by atoms with Gasteiger partial charge in [0.15, 0.2) is 5.12 Å². The van der Waals surface area contributed by atoms with E-state index in [0.717, 1.165) is 11.8 Å². The number of carboxylic acid groups (broad SMARTS) is 1. The van der Waals surface area contributed by atoms with Gasteiger partial charge in [-0.2, -0.15) is 0 Å². The minimum absolute atomic E-state index is 0.350. The quantitative estimate of drug-likeness (QED) is 0.573. The van der Waals surface area contributed by atoms with Gasteiger partial charge in [0.2, 0.25) is 11.8 Å². The Morgan fingerprint density at radius 1 is 1.50 bits per heavy atom. The second-order valence-electron chi connectivity index (χ2n) is 3.86. The molecule has 0 aromatic carbocycles. The van der Waals surface area contributed by atoms with Crippen molar-refractivity contribution in [2.24, 2.45) is 0 Å². The van der Waals surface area contributed by atoms with Crippen LogP contribution in [0.3, 0.4) is 0 Å². The third-order valence-corrected chi connectivity index (χ3v) is 3.54. The summed E-state index contributed by atoms with van der Waals surface area (Å²) in [6.07, 6.45) is -0.0811. The van der Waals surface area contributed by atoms with Crippen LogP contribution in [0, 0.1) is 0 Å². The van der Waals surface area contributed by atoms with Crippen LogP contribution in [0.25, 0.3) is 0 Å². The average molecular weight is 274 g/mol. The fourth-order valence-corrected chi connectivity index (χ4v) is 2.73. The highest BCUT2D eigenvalue weighted by Crippen LogP contribution is 2.23. The summed E-state index contributed by atoms with van der Waals surface area (Å²) in [7, 11) is 0. The molecule has 1 fully saturated rings. The number of carbonyl (C=O) groups is 4. The largest absolute Gasteiger partial charge is 0.481 e. The first-order valence-corrected chi connectivity index (χ1v) is 6.24. The fourth-order valence-electron chi connectivity index (χ4n) is 1.62. The Balaban J connectivity index is 2.64. The Labute approximate surface area is 108 Å². The summed E-state index contributed by atoms with van der Waals surface area (Å²) in [4.78, 5) is 44.4. The summed E-state index contributed by atoms with van der Waals surface area (Å²) >= 11 is 0.807. The van der Waals surface area contributed by atoms with Crippen LogP contribution in [-0.4, -0.2) is 45.8 Å². The molecule has 100 valence electrons. The van der Waals surface area contributed by atoms with Gasteiger partial charge in [-0.15, -0.1) is 0 Å². The summed E-state index contributed by atoms with van der Waals surface area (Å²) in [5, 5.41) is 12.6. The summed E-state index contributed by atoms with van der Waals surface area (Å²) < 4.78 is 0. The predicted molar refractivity (Wildman–Crippen MR) is 63.9 cm³/mol. The second kappa shape index (κ2) is 6.39. The van der Waals surface area contributed by atoms with Crippen LogP contribution >= 0.6 is 11.8 Å². The second-order valence-corrected chi connectivity index (χ2v) is 5.15. The van der Waals surface area contributed by atoms with Gasteiger partial charge in [0.25, 0.3) is 0 Å². The third kappa shape index (κ3) is 4.36. The maximum absolute atomic E-state index is 11.6. The summed E-state index contributed by atoms with van der Waals surface area (Å²) in [5.74, 6) is -1.92. The molecule has 1 heterocycles. The van der Waals surface area contributed by atoms with Crippen molar-refractivity contribution in [1.82, 2.24) is 10.6 Å². The van der Waals surface area contributed by atoms with Gasteiger partial charge in [0.1, 0.15) is 12.5 Å². The van der Waals surface area contributed by atoms with Crippen molar-refractivity contribution in [1.29, 1.82) is 0 Å². The molecule has 0 aromatic heterocycles. The number of nitrogens with one attached hydrogen (secondary N) is 2. The topological polar surface area (TPSA) is 113 Å². The molecule has 0 saturated carbocycles. The number of amides is 2. The molecule has 8 heteroatoms. The maximum atomic E-state index is 11.6. The summed E-state index contributed by atoms with van der Waals surface area (Å²) in [6, 6.07) is -0.793. The standard InChI is InChI=1S/C10H14N2O5S/c1-5(13)12-9-6(2-3-11-10(9)17)18-8(16)4-7(14)15/h6,9H,2-4H2,1H3,(H,11,17)(H,12,13)(H,14,15). The number of thioether (sulfide) groups is 1. The molecule has 2 atom stereocenters. The number of aliphatic carboxylic acids is 1. The van der Waals surface area contributed by atoms with Gasteiger partial charge in [-0.05, 0) is 6.42 Å². The lowest BCUT2D eigenvalue weighted by Crippen LogP contribution is -2.56. The van der Waals surface area contributed by atoms with E-state index in [2.05, 4.69) is 10.6 Å². The van der Waals surface area contributed by atoms with E-state index in [0.29, 0.717) is 13.0 Å². The van der Waals surface area contributed by atoms with Crippen LogP contribution < -0.4 is 10.6 Å². The average Bonchev–Trinajstić information content (AvgIpc) is 2.21. The zero-order valence-corrected chi connectivity index (χ0v) is 10.6.